The van der Waals surface area contributed by atoms with Crippen molar-refractivity contribution in [1.82, 2.24) is 9.80 Å². The summed E-state index contributed by atoms with van der Waals surface area (Å²) in [4.78, 5) is 5.30. The lowest BCUT2D eigenvalue weighted by Crippen LogP contribution is -2.67. The van der Waals surface area contributed by atoms with E-state index in [0.717, 1.165) is 6.54 Å². The molecule has 1 rings (SSSR count). The van der Waals surface area contributed by atoms with Gasteiger partial charge in [0.25, 0.3) is 0 Å². The molecule has 1 saturated heterocycles. The maximum Gasteiger partial charge on any atom is 0.0175 e. The molecular weight excluding hydrogens is 232 g/mol. The number of hydrogen-bond acceptors (Lipinski definition) is 2. The Bertz CT molecular complexity index is 296. The zero-order chi connectivity index (χ0) is 15.3. The van der Waals surface area contributed by atoms with Crippen LogP contribution >= 0.6 is 0 Å². The highest BCUT2D eigenvalue weighted by Crippen LogP contribution is 2.43. The van der Waals surface area contributed by atoms with Gasteiger partial charge in [0, 0.05) is 22.2 Å². The van der Waals surface area contributed by atoms with Gasteiger partial charge in [0.05, 0.1) is 0 Å². The average molecular weight is 268 g/mol. The molecule has 0 aromatic carbocycles. The van der Waals surface area contributed by atoms with Gasteiger partial charge in [-0.2, -0.15) is 0 Å². The first-order valence-corrected chi connectivity index (χ1v) is 7.78. The maximum absolute atomic E-state index is 2.70. The molecule has 1 aliphatic heterocycles. The summed E-state index contributed by atoms with van der Waals surface area (Å²) in [7, 11) is 2.30. The van der Waals surface area contributed by atoms with Crippen molar-refractivity contribution in [2.45, 2.75) is 97.3 Å². The summed E-state index contributed by atoms with van der Waals surface area (Å²) in [5.41, 5.74) is 0.896. The highest BCUT2D eigenvalue weighted by molar-refractivity contribution is 5.05. The van der Waals surface area contributed by atoms with Crippen molar-refractivity contribution >= 4 is 0 Å². The molecule has 0 aromatic heterocycles. The van der Waals surface area contributed by atoms with Crippen LogP contribution in [0.25, 0.3) is 0 Å². The fourth-order valence-electron chi connectivity index (χ4n) is 5.04. The monoisotopic (exact) mass is 268 g/mol. The minimum atomic E-state index is 0.219. The highest BCUT2D eigenvalue weighted by Gasteiger charge is 2.49. The Balaban J connectivity index is 3.30. The van der Waals surface area contributed by atoms with E-state index in [1.54, 1.807) is 0 Å². The maximum atomic E-state index is 2.70. The van der Waals surface area contributed by atoms with Crippen LogP contribution in [-0.2, 0) is 0 Å². The fourth-order valence-corrected chi connectivity index (χ4v) is 5.04. The SMILES string of the molecule is CCN1C(C)(C)CC(C)(C)N(C)C(C)(C)CC1(C)C. The smallest absolute Gasteiger partial charge is 0.0175 e. The van der Waals surface area contributed by atoms with Crippen LogP contribution in [0, 0.1) is 0 Å². The molecule has 114 valence electrons. The first-order valence-electron chi connectivity index (χ1n) is 7.78. The molecule has 0 atom stereocenters. The number of nitrogens with zero attached hydrogens (tertiary/aromatic N) is 2. The Morgan fingerprint density at radius 3 is 1.26 bits per heavy atom. The Kier molecular flexibility index (Phi) is 4.23. The lowest BCUT2D eigenvalue weighted by atomic mass is 9.73. The predicted molar refractivity (Wildman–Crippen MR) is 85.7 cm³/mol. The zero-order valence-corrected chi connectivity index (χ0v) is 15.0. The first-order chi connectivity index (χ1) is 8.26. The van der Waals surface area contributed by atoms with E-state index in [1.807, 2.05) is 0 Å². The number of hydrogen-bond donors (Lipinski definition) is 0. The normalized spacial score (nSPS) is 30.6. The largest absolute Gasteiger partial charge is 0.296 e. The Morgan fingerprint density at radius 2 is 1.00 bits per heavy atom. The Hall–Kier alpha value is -0.0800. The molecule has 19 heavy (non-hydrogen) atoms. The van der Waals surface area contributed by atoms with Crippen LogP contribution in [0.4, 0.5) is 0 Å². The van der Waals surface area contributed by atoms with Gasteiger partial charge in [-0.3, -0.25) is 9.80 Å². The van der Waals surface area contributed by atoms with Gasteiger partial charge in [-0.15, -0.1) is 0 Å². The second kappa shape index (κ2) is 4.73. The summed E-state index contributed by atoms with van der Waals surface area (Å²) in [5, 5.41) is 0. The van der Waals surface area contributed by atoms with E-state index >= 15 is 0 Å². The molecule has 0 aliphatic carbocycles. The van der Waals surface area contributed by atoms with E-state index in [-0.39, 0.29) is 22.2 Å². The quantitative estimate of drug-likeness (QED) is 0.705. The average Bonchev–Trinajstić information content (AvgIpc) is 2.11. The molecule has 0 saturated carbocycles. The summed E-state index contributed by atoms with van der Waals surface area (Å²) >= 11 is 0. The van der Waals surface area contributed by atoms with Crippen molar-refractivity contribution in [3.05, 3.63) is 0 Å². The standard InChI is InChI=1S/C17H36N2/c1-11-19-16(6,7)12-14(2,3)18(10)15(4,5)13-17(19,8)9/h11-13H2,1-10H3. The Morgan fingerprint density at radius 1 is 0.684 bits per heavy atom. The van der Waals surface area contributed by atoms with Crippen molar-refractivity contribution in [3.63, 3.8) is 0 Å². The zero-order valence-electron chi connectivity index (χ0n) is 15.0. The molecule has 1 heterocycles. The molecule has 0 unspecified atom stereocenters. The predicted octanol–water partition coefficient (Wildman–Crippen LogP) is 4.15. The third-order valence-electron chi connectivity index (χ3n) is 5.32. The lowest BCUT2D eigenvalue weighted by Gasteiger charge is -2.60. The summed E-state index contributed by atoms with van der Waals surface area (Å²) in [6.45, 7) is 22.6. The van der Waals surface area contributed by atoms with E-state index in [1.165, 1.54) is 12.8 Å². The topological polar surface area (TPSA) is 6.48 Å². The van der Waals surface area contributed by atoms with E-state index in [0.29, 0.717) is 0 Å². The van der Waals surface area contributed by atoms with E-state index in [4.69, 9.17) is 0 Å². The lowest BCUT2D eigenvalue weighted by molar-refractivity contribution is -0.0931. The van der Waals surface area contributed by atoms with E-state index in [9.17, 15) is 0 Å². The number of rotatable bonds is 1. The van der Waals surface area contributed by atoms with Crippen LogP contribution in [0.3, 0.4) is 0 Å². The highest BCUT2D eigenvalue weighted by atomic mass is 15.3. The van der Waals surface area contributed by atoms with Gasteiger partial charge in [0.15, 0.2) is 0 Å². The molecule has 0 N–H and O–H groups in total. The molecule has 0 radical (unpaired) electrons. The second-order valence-electron chi connectivity index (χ2n) is 8.91. The van der Waals surface area contributed by atoms with Gasteiger partial charge in [0.1, 0.15) is 0 Å². The van der Waals surface area contributed by atoms with Crippen molar-refractivity contribution < 1.29 is 0 Å². The van der Waals surface area contributed by atoms with Crippen LogP contribution in [-0.4, -0.2) is 45.5 Å². The van der Waals surface area contributed by atoms with Gasteiger partial charge >= 0.3 is 0 Å². The third kappa shape index (κ3) is 3.16. The van der Waals surface area contributed by atoms with Gasteiger partial charge in [-0.05, 0) is 81.8 Å². The molecule has 1 aliphatic rings. The van der Waals surface area contributed by atoms with Crippen molar-refractivity contribution in [3.8, 4) is 0 Å². The Labute approximate surface area is 121 Å². The van der Waals surface area contributed by atoms with Crippen molar-refractivity contribution in [2.75, 3.05) is 13.6 Å². The van der Waals surface area contributed by atoms with E-state index < -0.39 is 0 Å². The summed E-state index contributed by atoms with van der Waals surface area (Å²) in [5.74, 6) is 0. The van der Waals surface area contributed by atoms with Crippen molar-refractivity contribution in [2.24, 2.45) is 0 Å². The van der Waals surface area contributed by atoms with Crippen molar-refractivity contribution in [1.29, 1.82) is 0 Å². The van der Waals surface area contributed by atoms with Gasteiger partial charge in [-0.1, -0.05) is 6.92 Å². The molecule has 0 aromatic rings. The minimum Gasteiger partial charge on any atom is -0.296 e. The molecular formula is C17H36N2. The van der Waals surface area contributed by atoms with Crippen LogP contribution in [0.5, 0.6) is 0 Å². The summed E-state index contributed by atoms with van der Waals surface area (Å²) in [6, 6.07) is 0. The third-order valence-corrected chi connectivity index (χ3v) is 5.32. The van der Waals surface area contributed by atoms with Crippen LogP contribution in [0.15, 0.2) is 0 Å². The van der Waals surface area contributed by atoms with Gasteiger partial charge in [-0.25, -0.2) is 0 Å². The van der Waals surface area contributed by atoms with Gasteiger partial charge in [0.2, 0.25) is 0 Å². The molecule has 0 bridgehead atoms. The van der Waals surface area contributed by atoms with Crippen LogP contribution < -0.4 is 0 Å². The summed E-state index contributed by atoms with van der Waals surface area (Å²) in [6.07, 6.45) is 2.38. The van der Waals surface area contributed by atoms with E-state index in [2.05, 4.69) is 79.2 Å². The molecule has 0 spiro atoms. The molecule has 0 amide bonds. The molecule has 1 fully saturated rings. The molecule has 2 heteroatoms. The second-order valence-corrected chi connectivity index (χ2v) is 8.91. The van der Waals surface area contributed by atoms with Crippen LogP contribution in [0.1, 0.15) is 75.2 Å². The van der Waals surface area contributed by atoms with Crippen LogP contribution in [0.2, 0.25) is 0 Å². The molecule has 2 nitrogen and oxygen atoms in total. The first kappa shape index (κ1) is 17.0. The van der Waals surface area contributed by atoms with Gasteiger partial charge < -0.3 is 0 Å². The summed E-state index contributed by atoms with van der Waals surface area (Å²) < 4.78 is 0. The fraction of sp³-hybridized carbons (Fsp3) is 1.00. The minimum absolute atomic E-state index is 0.219.